The van der Waals surface area contributed by atoms with E-state index in [0.29, 0.717) is 5.92 Å². The third kappa shape index (κ3) is 2.26. The highest BCUT2D eigenvalue weighted by molar-refractivity contribution is 5.35. The SMILES string of the molecule is CC(C)c1ccc(-n2ccn(C(C)C)c2=O)cc1. The maximum atomic E-state index is 12.2. The monoisotopic (exact) mass is 244 g/mol. The first-order valence-electron chi connectivity index (χ1n) is 6.40. The summed E-state index contributed by atoms with van der Waals surface area (Å²) in [6.07, 6.45) is 3.66. The van der Waals surface area contributed by atoms with Crippen LogP contribution >= 0.6 is 0 Å². The third-order valence-electron chi connectivity index (χ3n) is 3.20. The summed E-state index contributed by atoms with van der Waals surface area (Å²) in [6, 6.07) is 8.36. The molecule has 0 amide bonds. The molecule has 2 rings (SSSR count). The van der Waals surface area contributed by atoms with Crippen LogP contribution in [0.15, 0.2) is 41.5 Å². The number of nitrogens with zero attached hydrogens (tertiary/aromatic N) is 2. The van der Waals surface area contributed by atoms with E-state index in [1.165, 1.54) is 5.56 Å². The Morgan fingerprint density at radius 2 is 1.56 bits per heavy atom. The molecule has 1 aromatic heterocycles. The molecular weight excluding hydrogens is 224 g/mol. The summed E-state index contributed by atoms with van der Waals surface area (Å²) in [4.78, 5) is 12.2. The van der Waals surface area contributed by atoms with Gasteiger partial charge in [0.15, 0.2) is 0 Å². The van der Waals surface area contributed by atoms with Gasteiger partial charge in [0.1, 0.15) is 0 Å². The molecule has 0 bridgehead atoms. The van der Waals surface area contributed by atoms with Gasteiger partial charge in [0.2, 0.25) is 0 Å². The summed E-state index contributed by atoms with van der Waals surface area (Å²) in [5.74, 6) is 0.510. The van der Waals surface area contributed by atoms with Gasteiger partial charge >= 0.3 is 5.69 Å². The van der Waals surface area contributed by atoms with Gasteiger partial charge in [-0.05, 0) is 37.5 Å². The van der Waals surface area contributed by atoms with Gasteiger partial charge in [0, 0.05) is 18.4 Å². The summed E-state index contributed by atoms with van der Waals surface area (Å²) in [5, 5.41) is 0. The normalized spacial score (nSPS) is 11.4. The van der Waals surface area contributed by atoms with E-state index < -0.39 is 0 Å². The van der Waals surface area contributed by atoms with Gasteiger partial charge in [-0.1, -0.05) is 26.0 Å². The Labute approximate surface area is 108 Å². The third-order valence-corrected chi connectivity index (χ3v) is 3.20. The molecule has 0 fully saturated rings. The second kappa shape index (κ2) is 4.84. The number of hydrogen-bond donors (Lipinski definition) is 0. The van der Waals surface area contributed by atoms with Crippen molar-refractivity contribution in [2.24, 2.45) is 0 Å². The molecule has 0 N–H and O–H groups in total. The summed E-state index contributed by atoms with van der Waals surface area (Å²) in [6.45, 7) is 8.34. The van der Waals surface area contributed by atoms with E-state index in [2.05, 4.69) is 26.0 Å². The molecule has 0 spiro atoms. The lowest BCUT2D eigenvalue weighted by Gasteiger charge is -2.07. The van der Waals surface area contributed by atoms with Crippen molar-refractivity contribution in [3.8, 4) is 5.69 Å². The summed E-state index contributed by atoms with van der Waals surface area (Å²) < 4.78 is 3.42. The van der Waals surface area contributed by atoms with Crippen molar-refractivity contribution >= 4 is 0 Å². The van der Waals surface area contributed by atoms with Gasteiger partial charge in [-0.15, -0.1) is 0 Å². The van der Waals surface area contributed by atoms with Crippen LogP contribution in [0.2, 0.25) is 0 Å². The number of aromatic nitrogens is 2. The van der Waals surface area contributed by atoms with Crippen molar-refractivity contribution in [2.45, 2.75) is 39.7 Å². The first-order valence-corrected chi connectivity index (χ1v) is 6.40. The van der Waals surface area contributed by atoms with Gasteiger partial charge in [-0.25, -0.2) is 4.79 Å². The second-order valence-corrected chi connectivity index (χ2v) is 5.20. The number of rotatable bonds is 3. The molecule has 0 aliphatic heterocycles. The smallest absolute Gasteiger partial charge is 0.296 e. The molecule has 0 aliphatic rings. The van der Waals surface area contributed by atoms with Crippen LogP contribution in [0.1, 0.15) is 45.2 Å². The molecule has 3 nitrogen and oxygen atoms in total. The van der Waals surface area contributed by atoms with E-state index in [-0.39, 0.29) is 11.7 Å². The number of hydrogen-bond acceptors (Lipinski definition) is 1. The molecule has 0 aliphatic carbocycles. The van der Waals surface area contributed by atoms with Crippen molar-refractivity contribution in [3.05, 3.63) is 52.7 Å². The van der Waals surface area contributed by atoms with Crippen molar-refractivity contribution in [1.29, 1.82) is 0 Å². The second-order valence-electron chi connectivity index (χ2n) is 5.20. The summed E-state index contributed by atoms with van der Waals surface area (Å²) in [5.41, 5.74) is 2.22. The van der Waals surface area contributed by atoms with E-state index in [4.69, 9.17) is 0 Å². The quantitative estimate of drug-likeness (QED) is 0.813. The zero-order valence-corrected chi connectivity index (χ0v) is 11.4. The fourth-order valence-corrected chi connectivity index (χ4v) is 2.00. The predicted molar refractivity (Wildman–Crippen MR) is 74.5 cm³/mol. The zero-order valence-electron chi connectivity index (χ0n) is 11.4. The minimum Gasteiger partial charge on any atom is -0.296 e. The lowest BCUT2D eigenvalue weighted by Crippen LogP contribution is -2.24. The lowest BCUT2D eigenvalue weighted by atomic mass is 10.0. The highest BCUT2D eigenvalue weighted by atomic mass is 16.1. The largest absolute Gasteiger partial charge is 0.332 e. The topological polar surface area (TPSA) is 26.9 Å². The Morgan fingerprint density at radius 1 is 0.944 bits per heavy atom. The van der Waals surface area contributed by atoms with E-state index in [1.807, 2.05) is 38.4 Å². The number of benzene rings is 1. The van der Waals surface area contributed by atoms with Crippen LogP contribution in [0.3, 0.4) is 0 Å². The Morgan fingerprint density at radius 3 is 2.00 bits per heavy atom. The minimum absolute atomic E-state index is 0.0160. The van der Waals surface area contributed by atoms with E-state index in [0.717, 1.165) is 5.69 Å². The maximum Gasteiger partial charge on any atom is 0.332 e. The highest BCUT2D eigenvalue weighted by Gasteiger charge is 2.07. The van der Waals surface area contributed by atoms with Crippen molar-refractivity contribution in [2.75, 3.05) is 0 Å². The Balaban J connectivity index is 2.40. The first kappa shape index (κ1) is 12.7. The van der Waals surface area contributed by atoms with Gasteiger partial charge in [0.05, 0.1) is 5.69 Å². The van der Waals surface area contributed by atoms with Crippen LogP contribution in [0.5, 0.6) is 0 Å². The average molecular weight is 244 g/mol. The van der Waals surface area contributed by atoms with Gasteiger partial charge in [-0.2, -0.15) is 0 Å². The van der Waals surface area contributed by atoms with Gasteiger partial charge in [-0.3, -0.25) is 9.13 Å². The van der Waals surface area contributed by atoms with E-state index in [9.17, 15) is 4.79 Å². The van der Waals surface area contributed by atoms with Gasteiger partial charge in [0.25, 0.3) is 0 Å². The molecule has 96 valence electrons. The molecule has 2 aromatic rings. The van der Waals surface area contributed by atoms with Crippen LogP contribution in [0.4, 0.5) is 0 Å². The lowest BCUT2D eigenvalue weighted by molar-refractivity contribution is 0.574. The van der Waals surface area contributed by atoms with Crippen LogP contribution in [0.25, 0.3) is 5.69 Å². The first-order chi connectivity index (χ1) is 8.50. The van der Waals surface area contributed by atoms with Gasteiger partial charge < -0.3 is 0 Å². The molecule has 18 heavy (non-hydrogen) atoms. The van der Waals surface area contributed by atoms with Crippen molar-refractivity contribution < 1.29 is 0 Å². The summed E-state index contributed by atoms with van der Waals surface area (Å²) in [7, 11) is 0. The van der Waals surface area contributed by atoms with Crippen LogP contribution in [-0.4, -0.2) is 9.13 Å². The number of imidazole rings is 1. The van der Waals surface area contributed by atoms with Crippen LogP contribution in [-0.2, 0) is 0 Å². The molecular formula is C15H20N2O. The molecule has 0 atom stereocenters. The zero-order chi connectivity index (χ0) is 13.3. The fourth-order valence-electron chi connectivity index (χ4n) is 2.00. The van der Waals surface area contributed by atoms with E-state index >= 15 is 0 Å². The summed E-state index contributed by atoms with van der Waals surface area (Å²) >= 11 is 0. The molecule has 1 aromatic carbocycles. The van der Waals surface area contributed by atoms with Crippen LogP contribution in [0, 0.1) is 0 Å². The fraction of sp³-hybridized carbons (Fsp3) is 0.400. The molecule has 0 saturated carbocycles. The minimum atomic E-state index is 0.0160. The van der Waals surface area contributed by atoms with Crippen molar-refractivity contribution in [3.63, 3.8) is 0 Å². The maximum absolute atomic E-state index is 12.2. The van der Waals surface area contributed by atoms with Crippen molar-refractivity contribution in [1.82, 2.24) is 9.13 Å². The average Bonchev–Trinajstić information content (AvgIpc) is 2.71. The van der Waals surface area contributed by atoms with E-state index in [1.54, 1.807) is 9.13 Å². The standard InChI is InChI=1S/C15H20N2O/c1-11(2)13-5-7-14(8-6-13)17-10-9-16(12(3)4)15(17)18/h5-12H,1-4H3. The predicted octanol–water partition coefficient (Wildman–Crippen LogP) is 3.34. The molecule has 0 radical (unpaired) electrons. The Bertz CT molecular complexity index is 573. The molecule has 0 saturated heterocycles. The van der Waals surface area contributed by atoms with Crippen LogP contribution < -0.4 is 5.69 Å². The highest BCUT2D eigenvalue weighted by Crippen LogP contribution is 2.16. The Kier molecular flexibility index (Phi) is 3.41. The Hall–Kier alpha value is -1.77. The molecule has 3 heteroatoms. The molecule has 1 heterocycles. The molecule has 0 unspecified atom stereocenters.